The minimum Gasteiger partial charge on any atom is -0.507 e. The zero-order valence-electron chi connectivity index (χ0n) is 14.4. The number of rotatable bonds is 5. The van der Waals surface area contributed by atoms with E-state index in [1.54, 1.807) is 11.0 Å². The Hall–Kier alpha value is -2.83. The summed E-state index contributed by atoms with van der Waals surface area (Å²) in [6.45, 7) is 4.42. The zero-order chi connectivity index (χ0) is 18.4. The van der Waals surface area contributed by atoms with Crippen molar-refractivity contribution in [2.75, 3.05) is 6.54 Å². The van der Waals surface area contributed by atoms with E-state index in [1.807, 2.05) is 13.8 Å². The van der Waals surface area contributed by atoms with Gasteiger partial charge in [-0.15, -0.1) is 0 Å². The molecule has 1 heterocycles. The fourth-order valence-electron chi connectivity index (χ4n) is 2.82. The lowest BCUT2D eigenvalue weighted by Gasteiger charge is -2.25. The number of aldehydes is 1. The number of nitrogens with two attached hydrogens (primary N) is 1. The number of amides is 1. The van der Waals surface area contributed by atoms with Gasteiger partial charge in [-0.1, -0.05) is 6.07 Å². The van der Waals surface area contributed by atoms with E-state index in [1.165, 1.54) is 24.4 Å². The van der Waals surface area contributed by atoms with E-state index in [0.29, 0.717) is 12.8 Å². The molecule has 0 spiro atoms. The Balaban J connectivity index is 2.23. The van der Waals surface area contributed by atoms with Gasteiger partial charge in [0.25, 0.3) is 0 Å². The van der Waals surface area contributed by atoms with Gasteiger partial charge in [0.15, 0.2) is 6.29 Å². The van der Waals surface area contributed by atoms with Crippen molar-refractivity contribution in [2.24, 2.45) is 10.7 Å². The fourth-order valence-corrected chi connectivity index (χ4v) is 2.82. The van der Waals surface area contributed by atoms with Crippen molar-refractivity contribution >= 4 is 18.1 Å². The van der Waals surface area contributed by atoms with Gasteiger partial charge >= 0.3 is 6.09 Å². The van der Waals surface area contributed by atoms with Gasteiger partial charge in [0.2, 0.25) is 0 Å². The van der Waals surface area contributed by atoms with Crippen LogP contribution in [0.5, 0.6) is 11.5 Å². The third-order valence-corrected chi connectivity index (χ3v) is 3.86. The van der Waals surface area contributed by atoms with Crippen LogP contribution >= 0.6 is 0 Å². The van der Waals surface area contributed by atoms with E-state index >= 15 is 0 Å². The number of aliphatic imine (C=N–C) groups is 1. The quantitative estimate of drug-likeness (QED) is 0.630. The van der Waals surface area contributed by atoms with Crippen molar-refractivity contribution in [3.05, 3.63) is 36.0 Å². The summed E-state index contributed by atoms with van der Waals surface area (Å²) in [4.78, 5) is 29.8. The molecule has 0 aromatic heterocycles. The average molecular weight is 345 g/mol. The van der Waals surface area contributed by atoms with Gasteiger partial charge in [0, 0.05) is 12.6 Å². The third kappa shape index (κ3) is 4.37. The van der Waals surface area contributed by atoms with Gasteiger partial charge < -0.3 is 15.6 Å². The summed E-state index contributed by atoms with van der Waals surface area (Å²) in [5, 5.41) is 9.70. The summed E-state index contributed by atoms with van der Waals surface area (Å²) in [7, 11) is 0. The molecule has 7 heteroatoms. The van der Waals surface area contributed by atoms with Crippen LogP contribution in [0.2, 0.25) is 0 Å². The summed E-state index contributed by atoms with van der Waals surface area (Å²) >= 11 is 0. The Bertz CT molecular complexity index is 698. The number of hydrogen-bond acceptors (Lipinski definition) is 6. The third-order valence-electron chi connectivity index (χ3n) is 3.86. The van der Waals surface area contributed by atoms with Crippen LogP contribution in [0.1, 0.15) is 37.0 Å². The fraction of sp³-hybridized carbons (Fsp3) is 0.389. The molecule has 1 atom stereocenters. The molecule has 0 aliphatic carbocycles. The molecular formula is C18H23N3O4. The second kappa shape index (κ2) is 8.32. The van der Waals surface area contributed by atoms with Crippen LogP contribution in [0.25, 0.3) is 0 Å². The predicted molar refractivity (Wildman–Crippen MR) is 95.1 cm³/mol. The first kappa shape index (κ1) is 18.5. The van der Waals surface area contributed by atoms with Gasteiger partial charge in [0.1, 0.15) is 11.5 Å². The molecule has 1 unspecified atom stereocenters. The minimum absolute atomic E-state index is 0.0300. The molecule has 134 valence electrons. The molecule has 0 bridgehead atoms. The zero-order valence-corrected chi connectivity index (χ0v) is 14.4. The number of phenols is 1. The topological polar surface area (TPSA) is 105 Å². The molecule has 7 nitrogen and oxygen atoms in total. The molecular weight excluding hydrogens is 322 g/mol. The van der Waals surface area contributed by atoms with Crippen molar-refractivity contribution in [1.29, 1.82) is 0 Å². The predicted octanol–water partition coefficient (Wildman–Crippen LogP) is 2.49. The monoisotopic (exact) mass is 345 g/mol. The lowest BCUT2D eigenvalue weighted by atomic mass is 10.1. The van der Waals surface area contributed by atoms with Gasteiger partial charge in [-0.3, -0.25) is 14.7 Å². The molecule has 25 heavy (non-hydrogen) atoms. The number of aromatic hydroxyl groups is 1. The molecule has 1 aromatic carbocycles. The molecule has 3 N–H and O–H groups in total. The highest BCUT2D eigenvalue weighted by Crippen LogP contribution is 2.27. The second-order valence-electron chi connectivity index (χ2n) is 6.03. The number of ether oxygens (including phenoxy) is 1. The summed E-state index contributed by atoms with van der Waals surface area (Å²) in [6.07, 6.45) is 4.55. The van der Waals surface area contributed by atoms with E-state index in [9.17, 15) is 14.7 Å². The number of phenolic OH excluding ortho intramolecular Hbond substituents is 1. The highest BCUT2D eigenvalue weighted by Gasteiger charge is 2.33. The standard InChI is InChI=1S/C18H23N3O4/c1-12(2)20-14(8-9-19)15-5-4-10-21(15)18(24)25-17-7-3-6-16(23)13(17)11-22/h3,6-9,11-12,15,23H,4-5,10,19H2,1-2H3. The lowest BCUT2D eigenvalue weighted by molar-refractivity contribution is 0.111. The summed E-state index contributed by atoms with van der Waals surface area (Å²) in [6, 6.07) is 4.17. The largest absolute Gasteiger partial charge is 0.507 e. The molecule has 1 fully saturated rings. The summed E-state index contributed by atoms with van der Waals surface area (Å²) in [5.74, 6) is -0.200. The van der Waals surface area contributed by atoms with Gasteiger partial charge in [-0.05, 0) is 51.1 Å². The number of hydrogen-bond donors (Lipinski definition) is 2. The Morgan fingerprint density at radius 1 is 1.48 bits per heavy atom. The van der Waals surface area contributed by atoms with E-state index in [-0.39, 0.29) is 29.1 Å². The van der Waals surface area contributed by atoms with E-state index in [0.717, 1.165) is 18.6 Å². The molecule has 1 aromatic rings. The first-order valence-corrected chi connectivity index (χ1v) is 8.19. The van der Waals surface area contributed by atoms with Crippen molar-refractivity contribution in [1.82, 2.24) is 4.90 Å². The Morgan fingerprint density at radius 3 is 2.88 bits per heavy atom. The lowest BCUT2D eigenvalue weighted by Crippen LogP contribution is -2.42. The minimum atomic E-state index is -0.585. The van der Waals surface area contributed by atoms with Gasteiger partial charge in [-0.2, -0.15) is 0 Å². The first-order chi connectivity index (χ1) is 12.0. The summed E-state index contributed by atoms with van der Waals surface area (Å²) < 4.78 is 5.35. The Kier molecular flexibility index (Phi) is 6.16. The average Bonchev–Trinajstić information content (AvgIpc) is 3.04. The maximum absolute atomic E-state index is 12.6. The normalized spacial score (nSPS) is 18.1. The molecule has 2 rings (SSSR count). The SMILES string of the molecule is CC(C)N=C(C=CN)C1CCCN1C(=O)Oc1cccc(O)c1C=O. The molecule has 1 aliphatic heterocycles. The van der Waals surface area contributed by atoms with E-state index < -0.39 is 6.09 Å². The van der Waals surface area contributed by atoms with Crippen LogP contribution in [0.4, 0.5) is 4.79 Å². The maximum atomic E-state index is 12.6. The molecule has 0 radical (unpaired) electrons. The van der Waals surface area contributed by atoms with Crippen molar-refractivity contribution in [3.63, 3.8) is 0 Å². The number of nitrogens with zero attached hydrogens (tertiary/aromatic N) is 2. The van der Waals surface area contributed by atoms with Crippen molar-refractivity contribution in [3.8, 4) is 11.5 Å². The maximum Gasteiger partial charge on any atom is 0.415 e. The number of carbonyl (C=O) groups excluding carboxylic acids is 2. The van der Waals surface area contributed by atoms with Crippen LogP contribution in [0.3, 0.4) is 0 Å². The first-order valence-electron chi connectivity index (χ1n) is 8.19. The summed E-state index contributed by atoms with van der Waals surface area (Å²) in [5.41, 5.74) is 6.18. The van der Waals surface area contributed by atoms with Crippen molar-refractivity contribution in [2.45, 2.75) is 38.8 Å². The Labute approximate surface area is 146 Å². The van der Waals surface area contributed by atoms with Crippen LogP contribution in [0.15, 0.2) is 35.5 Å². The second-order valence-corrected chi connectivity index (χ2v) is 6.03. The molecule has 1 aliphatic rings. The van der Waals surface area contributed by atoms with Crippen LogP contribution in [0, 0.1) is 0 Å². The van der Waals surface area contributed by atoms with Gasteiger partial charge in [-0.25, -0.2) is 4.79 Å². The van der Waals surface area contributed by atoms with Crippen LogP contribution < -0.4 is 10.5 Å². The van der Waals surface area contributed by atoms with Crippen molar-refractivity contribution < 1.29 is 19.4 Å². The Morgan fingerprint density at radius 2 is 2.24 bits per heavy atom. The number of carbonyl (C=O) groups is 2. The van der Waals surface area contributed by atoms with E-state index in [4.69, 9.17) is 10.5 Å². The molecule has 1 amide bonds. The van der Waals surface area contributed by atoms with Crippen LogP contribution in [-0.2, 0) is 0 Å². The highest BCUT2D eigenvalue weighted by atomic mass is 16.6. The smallest absolute Gasteiger partial charge is 0.415 e. The molecule has 1 saturated heterocycles. The number of benzene rings is 1. The van der Waals surface area contributed by atoms with Gasteiger partial charge in [0.05, 0.1) is 17.3 Å². The number of likely N-dealkylation sites (tertiary alicyclic amines) is 1. The highest BCUT2D eigenvalue weighted by molar-refractivity contribution is 6.01. The molecule has 0 saturated carbocycles. The van der Waals surface area contributed by atoms with E-state index in [2.05, 4.69) is 4.99 Å². The van der Waals surface area contributed by atoms with Crippen LogP contribution in [-0.4, -0.2) is 46.7 Å².